The number of anilines is 1. The van der Waals surface area contributed by atoms with E-state index < -0.39 is 11.7 Å². The maximum atomic E-state index is 13.1. The van der Waals surface area contributed by atoms with E-state index >= 15 is 0 Å². The van der Waals surface area contributed by atoms with Crippen LogP contribution in [0, 0.1) is 11.3 Å². The first-order valence-electron chi connectivity index (χ1n) is 9.19. The van der Waals surface area contributed by atoms with Crippen LogP contribution in [-0.4, -0.2) is 34.1 Å². The SMILES string of the molecule is N#CCc1nc2nc(N3CCC(Oc4ccccc4C(F)(F)F)CC3)sc2c(=O)[nH]1. The van der Waals surface area contributed by atoms with Crippen LogP contribution in [0.3, 0.4) is 0 Å². The number of nitrogens with zero attached hydrogens (tertiary/aromatic N) is 4. The van der Waals surface area contributed by atoms with Crippen molar-refractivity contribution in [3.05, 3.63) is 46.0 Å². The van der Waals surface area contributed by atoms with Crippen molar-refractivity contribution < 1.29 is 17.9 Å². The number of hydrogen-bond acceptors (Lipinski definition) is 7. The van der Waals surface area contributed by atoms with Gasteiger partial charge in [0.25, 0.3) is 5.56 Å². The van der Waals surface area contributed by atoms with Gasteiger partial charge in [0.2, 0.25) is 0 Å². The minimum absolute atomic E-state index is 0.0137. The Morgan fingerprint density at radius 3 is 2.70 bits per heavy atom. The molecule has 1 saturated heterocycles. The van der Waals surface area contributed by atoms with Crippen LogP contribution in [0.2, 0.25) is 0 Å². The highest BCUT2D eigenvalue weighted by Crippen LogP contribution is 2.37. The topological polar surface area (TPSA) is 94.9 Å². The van der Waals surface area contributed by atoms with Crippen molar-refractivity contribution in [1.29, 1.82) is 5.26 Å². The summed E-state index contributed by atoms with van der Waals surface area (Å²) in [4.78, 5) is 25.3. The van der Waals surface area contributed by atoms with Crippen molar-refractivity contribution in [1.82, 2.24) is 15.0 Å². The zero-order valence-electron chi connectivity index (χ0n) is 15.6. The summed E-state index contributed by atoms with van der Waals surface area (Å²) in [7, 11) is 0. The van der Waals surface area contributed by atoms with Crippen LogP contribution in [0.25, 0.3) is 10.3 Å². The predicted octanol–water partition coefficient (Wildman–Crippen LogP) is 3.51. The Kier molecular flexibility index (Phi) is 5.34. The van der Waals surface area contributed by atoms with Crippen molar-refractivity contribution in [2.24, 2.45) is 0 Å². The molecule has 11 heteroatoms. The van der Waals surface area contributed by atoms with Crippen LogP contribution in [0.4, 0.5) is 18.3 Å². The van der Waals surface area contributed by atoms with Gasteiger partial charge < -0.3 is 14.6 Å². The molecule has 0 amide bonds. The molecule has 3 aromatic rings. The van der Waals surface area contributed by atoms with Crippen molar-refractivity contribution in [2.45, 2.75) is 31.5 Å². The number of piperidine rings is 1. The number of H-pyrrole nitrogens is 1. The fourth-order valence-corrected chi connectivity index (χ4v) is 4.26. The van der Waals surface area contributed by atoms with Crippen LogP contribution in [0.15, 0.2) is 29.1 Å². The molecule has 2 aromatic heterocycles. The molecule has 7 nitrogen and oxygen atoms in total. The third kappa shape index (κ3) is 4.09. The van der Waals surface area contributed by atoms with E-state index in [1.807, 2.05) is 11.0 Å². The summed E-state index contributed by atoms with van der Waals surface area (Å²) in [5.74, 6) is 0.103. The van der Waals surface area contributed by atoms with Gasteiger partial charge in [-0.1, -0.05) is 23.5 Å². The van der Waals surface area contributed by atoms with Crippen molar-refractivity contribution >= 4 is 26.8 Å². The highest BCUT2D eigenvalue weighted by Gasteiger charge is 2.35. The molecular formula is C19H16F3N5O2S. The van der Waals surface area contributed by atoms with E-state index in [9.17, 15) is 18.0 Å². The van der Waals surface area contributed by atoms with Crippen LogP contribution < -0.4 is 15.2 Å². The van der Waals surface area contributed by atoms with E-state index in [1.54, 1.807) is 0 Å². The fourth-order valence-electron chi connectivity index (χ4n) is 3.31. The first-order valence-corrected chi connectivity index (χ1v) is 10.0. The first-order chi connectivity index (χ1) is 14.3. The molecule has 1 fully saturated rings. The second-order valence-corrected chi connectivity index (χ2v) is 7.77. The molecule has 1 aliphatic heterocycles. The molecule has 1 N–H and O–H groups in total. The van der Waals surface area contributed by atoms with Gasteiger partial charge in [-0.05, 0) is 12.1 Å². The van der Waals surface area contributed by atoms with Crippen LogP contribution in [-0.2, 0) is 12.6 Å². The Hall–Kier alpha value is -3.13. The number of halogens is 3. The minimum atomic E-state index is -4.47. The highest BCUT2D eigenvalue weighted by atomic mass is 32.1. The average molecular weight is 435 g/mol. The number of ether oxygens (including phenoxy) is 1. The third-order valence-corrected chi connectivity index (χ3v) is 5.85. The molecule has 0 bridgehead atoms. The van der Waals surface area contributed by atoms with Gasteiger partial charge >= 0.3 is 6.18 Å². The maximum Gasteiger partial charge on any atom is 0.419 e. The molecule has 30 heavy (non-hydrogen) atoms. The fraction of sp³-hybridized carbons (Fsp3) is 0.368. The number of hydrogen-bond donors (Lipinski definition) is 1. The zero-order chi connectivity index (χ0) is 21.3. The zero-order valence-corrected chi connectivity index (χ0v) is 16.4. The lowest BCUT2D eigenvalue weighted by molar-refractivity contribution is -0.139. The normalized spacial score (nSPS) is 15.3. The van der Waals surface area contributed by atoms with Gasteiger partial charge in [-0.25, -0.2) is 4.98 Å². The Bertz CT molecular complexity index is 1160. The number of fused-ring (bicyclic) bond motifs is 1. The summed E-state index contributed by atoms with van der Waals surface area (Å²) in [5.41, 5.74) is -0.825. The lowest BCUT2D eigenvalue weighted by Gasteiger charge is -2.32. The van der Waals surface area contributed by atoms with E-state index in [0.29, 0.717) is 41.4 Å². The Labute approximate surface area is 172 Å². The third-order valence-electron chi connectivity index (χ3n) is 4.75. The Morgan fingerprint density at radius 1 is 1.27 bits per heavy atom. The van der Waals surface area contributed by atoms with Gasteiger partial charge in [0, 0.05) is 25.9 Å². The summed E-state index contributed by atoms with van der Waals surface area (Å²) < 4.78 is 45.5. The molecule has 1 aromatic carbocycles. The van der Waals surface area contributed by atoms with E-state index in [2.05, 4.69) is 15.0 Å². The van der Waals surface area contributed by atoms with Crippen molar-refractivity contribution in [3.63, 3.8) is 0 Å². The second kappa shape index (κ2) is 7.95. The van der Waals surface area contributed by atoms with Gasteiger partial charge in [0.15, 0.2) is 10.8 Å². The molecule has 0 atom stereocenters. The summed E-state index contributed by atoms with van der Waals surface area (Å²) in [6.07, 6.45) is -3.79. The molecule has 3 heterocycles. The number of rotatable bonds is 4. The largest absolute Gasteiger partial charge is 0.490 e. The molecule has 1 aliphatic rings. The van der Waals surface area contributed by atoms with E-state index in [4.69, 9.17) is 10.00 Å². The van der Waals surface area contributed by atoms with Gasteiger partial charge in [0.1, 0.15) is 22.4 Å². The molecule has 156 valence electrons. The molecule has 4 rings (SSSR count). The molecular weight excluding hydrogens is 419 g/mol. The number of aromatic amines is 1. The molecule has 0 aliphatic carbocycles. The van der Waals surface area contributed by atoms with Gasteiger partial charge in [0.05, 0.1) is 18.1 Å². The molecule has 0 spiro atoms. The standard InChI is InChI=1S/C19H16F3N5O2S/c20-19(21,22)12-3-1-2-4-13(12)29-11-6-9-27(10-7-11)18-26-16-15(30-18)17(28)25-14(24-16)5-8-23/h1-4,11H,5-7,9-10H2,(H,24,25,28). The number of benzene rings is 1. The number of nitrogens with one attached hydrogen (secondary N) is 1. The summed E-state index contributed by atoms with van der Waals surface area (Å²) in [5, 5.41) is 9.39. The number of para-hydroxylation sites is 1. The van der Waals surface area contributed by atoms with Crippen LogP contribution >= 0.6 is 11.3 Å². The Morgan fingerprint density at radius 2 is 2.00 bits per heavy atom. The second-order valence-electron chi connectivity index (χ2n) is 6.79. The maximum absolute atomic E-state index is 13.1. The lowest BCUT2D eigenvalue weighted by atomic mass is 10.1. The number of alkyl halides is 3. The van der Waals surface area contributed by atoms with Crippen LogP contribution in [0.5, 0.6) is 5.75 Å². The average Bonchev–Trinajstić information content (AvgIpc) is 3.13. The predicted molar refractivity (Wildman–Crippen MR) is 105 cm³/mol. The van der Waals surface area contributed by atoms with Crippen molar-refractivity contribution in [2.75, 3.05) is 18.0 Å². The molecule has 0 radical (unpaired) electrons. The number of thiazole rings is 1. The smallest absolute Gasteiger partial charge is 0.419 e. The number of aromatic nitrogens is 3. The quantitative estimate of drug-likeness (QED) is 0.674. The molecule has 0 unspecified atom stereocenters. The van der Waals surface area contributed by atoms with Gasteiger partial charge in [-0.15, -0.1) is 0 Å². The highest BCUT2D eigenvalue weighted by molar-refractivity contribution is 7.22. The minimum Gasteiger partial charge on any atom is -0.490 e. The lowest BCUT2D eigenvalue weighted by Crippen LogP contribution is -2.38. The monoisotopic (exact) mass is 435 g/mol. The van der Waals surface area contributed by atoms with E-state index in [-0.39, 0.29) is 29.7 Å². The summed E-state index contributed by atoms with van der Waals surface area (Å²) in [6.45, 7) is 1.06. The summed E-state index contributed by atoms with van der Waals surface area (Å²) >= 11 is 1.20. The van der Waals surface area contributed by atoms with E-state index in [0.717, 1.165) is 6.07 Å². The summed E-state index contributed by atoms with van der Waals surface area (Å²) in [6, 6.07) is 7.13. The number of nitriles is 1. The van der Waals surface area contributed by atoms with Crippen LogP contribution in [0.1, 0.15) is 24.2 Å². The first kappa shape index (κ1) is 20.2. The van der Waals surface area contributed by atoms with E-state index in [1.165, 1.54) is 29.5 Å². The molecule has 0 saturated carbocycles. The van der Waals surface area contributed by atoms with Gasteiger partial charge in [-0.2, -0.15) is 23.4 Å². The van der Waals surface area contributed by atoms with Gasteiger partial charge in [-0.3, -0.25) is 4.79 Å². The Balaban J connectivity index is 1.46. The van der Waals surface area contributed by atoms with Crippen molar-refractivity contribution in [3.8, 4) is 11.8 Å².